The fraction of sp³-hybridized carbons (Fsp3) is 0.200. The van der Waals surface area contributed by atoms with Gasteiger partial charge in [0.25, 0.3) is 0 Å². The van der Waals surface area contributed by atoms with Gasteiger partial charge in [0, 0.05) is 10.7 Å². The monoisotopic (exact) mass is 259 g/mol. The Morgan fingerprint density at radius 1 is 1.17 bits per heavy atom. The Bertz CT molecular complexity index is 565. The van der Waals surface area contributed by atoms with E-state index in [4.69, 9.17) is 16.3 Å². The molecule has 0 saturated heterocycles. The summed E-state index contributed by atoms with van der Waals surface area (Å²) in [5.41, 5.74) is 3.75. The highest BCUT2D eigenvalue weighted by Gasteiger charge is 2.22. The molecule has 92 valence electrons. The van der Waals surface area contributed by atoms with Crippen LogP contribution in [0.2, 0.25) is 5.02 Å². The number of halogens is 1. The van der Waals surface area contributed by atoms with E-state index >= 15 is 0 Å². The molecule has 1 aliphatic rings. The van der Waals surface area contributed by atoms with Crippen LogP contribution in [0.5, 0.6) is 5.75 Å². The van der Waals surface area contributed by atoms with Crippen molar-refractivity contribution in [2.75, 3.05) is 12.4 Å². The number of hydrogen-bond donors (Lipinski definition) is 1. The predicted octanol–water partition coefficient (Wildman–Crippen LogP) is 4.06. The third kappa shape index (κ3) is 2.04. The van der Waals surface area contributed by atoms with Crippen LogP contribution in [0, 0.1) is 0 Å². The molecule has 0 radical (unpaired) electrons. The first kappa shape index (κ1) is 11.4. The van der Waals surface area contributed by atoms with E-state index in [0.29, 0.717) is 6.04 Å². The number of nitrogens with one attached hydrogen (secondary N) is 1. The van der Waals surface area contributed by atoms with Gasteiger partial charge in [0.15, 0.2) is 0 Å². The molecule has 1 heterocycles. The quantitative estimate of drug-likeness (QED) is 0.878. The van der Waals surface area contributed by atoms with Crippen molar-refractivity contribution in [2.24, 2.45) is 0 Å². The van der Waals surface area contributed by atoms with E-state index in [-0.39, 0.29) is 0 Å². The maximum absolute atomic E-state index is 5.91. The van der Waals surface area contributed by atoms with Gasteiger partial charge in [-0.2, -0.15) is 0 Å². The number of hydrogen-bond acceptors (Lipinski definition) is 2. The third-order valence-corrected chi connectivity index (χ3v) is 3.59. The first-order valence-electron chi connectivity index (χ1n) is 5.95. The largest absolute Gasteiger partial charge is 0.497 e. The molecule has 1 atom stereocenters. The molecule has 0 bridgehead atoms. The molecule has 2 aromatic carbocycles. The molecule has 3 heteroatoms. The van der Waals surface area contributed by atoms with E-state index < -0.39 is 0 Å². The fourth-order valence-corrected chi connectivity index (χ4v) is 2.49. The minimum Gasteiger partial charge on any atom is -0.497 e. The number of benzene rings is 2. The summed E-state index contributed by atoms with van der Waals surface area (Å²) in [6.45, 7) is 0. The highest BCUT2D eigenvalue weighted by Crippen LogP contribution is 2.36. The lowest BCUT2D eigenvalue weighted by atomic mass is 10.0. The van der Waals surface area contributed by atoms with Crippen LogP contribution >= 0.6 is 11.6 Å². The van der Waals surface area contributed by atoms with E-state index in [1.807, 2.05) is 18.2 Å². The Kier molecular flexibility index (Phi) is 2.88. The van der Waals surface area contributed by atoms with Gasteiger partial charge in [-0.05, 0) is 47.9 Å². The van der Waals surface area contributed by atoms with Gasteiger partial charge in [-0.3, -0.25) is 0 Å². The van der Waals surface area contributed by atoms with Gasteiger partial charge >= 0.3 is 0 Å². The second-order valence-corrected chi connectivity index (χ2v) is 4.91. The van der Waals surface area contributed by atoms with Gasteiger partial charge in [-0.15, -0.1) is 0 Å². The van der Waals surface area contributed by atoms with Gasteiger partial charge in [-0.1, -0.05) is 23.7 Å². The normalized spacial score (nSPS) is 17.1. The Morgan fingerprint density at radius 2 is 1.94 bits per heavy atom. The number of anilines is 1. The average Bonchev–Trinajstić information content (AvgIpc) is 2.82. The first-order valence-corrected chi connectivity index (χ1v) is 6.33. The van der Waals surface area contributed by atoms with Crippen molar-refractivity contribution in [3.63, 3.8) is 0 Å². The average molecular weight is 260 g/mol. The number of rotatable bonds is 2. The maximum Gasteiger partial charge on any atom is 0.119 e. The Morgan fingerprint density at radius 3 is 2.67 bits per heavy atom. The lowest BCUT2D eigenvalue weighted by Crippen LogP contribution is -2.04. The number of methoxy groups -OCH3 is 1. The molecule has 1 N–H and O–H groups in total. The Balaban J connectivity index is 1.86. The summed E-state index contributed by atoms with van der Waals surface area (Å²) >= 11 is 5.91. The predicted molar refractivity (Wildman–Crippen MR) is 74.5 cm³/mol. The molecular weight excluding hydrogens is 246 g/mol. The van der Waals surface area contributed by atoms with Gasteiger partial charge in [0.05, 0.1) is 13.2 Å². The highest BCUT2D eigenvalue weighted by molar-refractivity contribution is 6.30. The van der Waals surface area contributed by atoms with Gasteiger partial charge < -0.3 is 10.1 Å². The molecule has 2 aromatic rings. The van der Waals surface area contributed by atoms with E-state index in [2.05, 4.69) is 29.6 Å². The van der Waals surface area contributed by atoms with Crippen LogP contribution in [-0.2, 0) is 6.42 Å². The second-order valence-electron chi connectivity index (χ2n) is 4.48. The SMILES string of the molecule is COc1ccc2c(c1)CC(c1ccc(Cl)cc1)N2. The topological polar surface area (TPSA) is 21.3 Å². The maximum atomic E-state index is 5.91. The van der Waals surface area contributed by atoms with Crippen molar-refractivity contribution < 1.29 is 4.74 Å². The summed E-state index contributed by atoms with van der Waals surface area (Å²) in [6.07, 6.45) is 0.980. The third-order valence-electron chi connectivity index (χ3n) is 3.34. The molecule has 18 heavy (non-hydrogen) atoms. The van der Waals surface area contributed by atoms with Gasteiger partial charge in [-0.25, -0.2) is 0 Å². The molecule has 3 rings (SSSR count). The molecule has 0 aromatic heterocycles. The minimum atomic E-state index is 0.323. The van der Waals surface area contributed by atoms with Gasteiger partial charge in [0.1, 0.15) is 5.75 Å². The molecular formula is C15H14ClNO. The summed E-state index contributed by atoms with van der Waals surface area (Å²) in [5.74, 6) is 0.910. The fourth-order valence-electron chi connectivity index (χ4n) is 2.36. The second kappa shape index (κ2) is 4.54. The van der Waals surface area contributed by atoms with Crippen LogP contribution in [0.3, 0.4) is 0 Å². The van der Waals surface area contributed by atoms with Gasteiger partial charge in [0.2, 0.25) is 0 Å². The summed E-state index contributed by atoms with van der Waals surface area (Å²) < 4.78 is 5.25. The lowest BCUT2D eigenvalue weighted by molar-refractivity contribution is 0.414. The molecule has 0 saturated carbocycles. The zero-order valence-corrected chi connectivity index (χ0v) is 10.9. The number of fused-ring (bicyclic) bond motifs is 1. The zero-order valence-electron chi connectivity index (χ0n) is 10.1. The van der Waals surface area contributed by atoms with Crippen LogP contribution in [0.25, 0.3) is 0 Å². The zero-order chi connectivity index (χ0) is 12.5. The molecule has 0 spiro atoms. The van der Waals surface area contributed by atoms with E-state index in [1.165, 1.54) is 16.8 Å². The van der Waals surface area contributed by atoms with E-state index in [0.717, 1.165) is 17.2 Å². The van der Waals surface area contributed by atoms with Crippen LogP contribution < -0.4 is 10.1 Å². The summed E-state index contributed by atoms with van der Waals surface area (Å²) in [5, 5.41) is 4.30. The molecule has 1 aliphatic heterocycles. The first-order chi connectivity index (χ1) is 8.76. The molecule has 1 unspecified atom stereocenters. The van der Waals surface area contributed by atoms with Crippen molar-refractivity contribution >= 4 is 17.3 Å². The van der Waals surface area contributed by atoms with Crippen molar-refractivity contribution in [3.8, 4) is 5.75 Å². The van der Waals surface area contributed by atoms with Crippen LogP contribution in [0.15, 0.2) is 42.5 Å². The number of ether oxygens (including phenoxy) is 1. The van der Waals surface area contributed by atoms with Crippen LogP contribution in [0.4, 0.5) is 5.69 Å². The van der Waals surface area contributed by atoms with Crippen molar-refractivity contribution in [1.29, 1.82) is 0 Å². The minimum absolute atomic E-state index is 0.323. The van der Waals surface area contributed by atoms with Crippen LogP contribution in [0.1, 0.15) is 17.2 Å². The van der Waals surface area contributed by atoms with E-state index in [9.17, 15) is 0 Å². The lowest BCUT2D eigenvalue weighted by Gasteiger charge is -2.11. The Labute approximate surface area is 112 Å². The molecule has 0 amide bonds. The summed E-state index contributed by atoms with van der Waals surface area (Å²) in [7, 11) is 1.70. The summed E-state index contributed by atoms with van der Waals surface area (Å²) in [6, 6.07) is 14.5. The van der Waals surface area contributed by atoms with Crippen molar-refractivity contribution in [3.05, 3.63) is 58.6 Å². The van der Waals surface area contributed by atoms with Crippen molar-refractivity contribution in [1.82, 2.24) is 0 Å². The molecule has 2 nitrogen and oxygen atoms in total. The van der Waals surface area contributed by atoms with Crippen molar-refractivity contribution in [2.45, 2.75) is 12.5 Å². The summed E-state index contributed by atoms with van der Waals surface area (Å²) in [4.78, 5) is 0. The molecule has 0 fully saturated rings. The van der Waals surface area contributed by atoms with Crippen LogP contribution in [-0.4, -0.2) is 7.11 Å². The molecule has 0 aliphatic carbocycles. The Hall–Kier alpha value is -1.67. The van der Waals surface area contributed by atoms with E-state index in [1.54, 1.807) is 7.11 Å². The standard InChI is InChI=1S/C15H14ClNO/c1-18-13-6-7-14-11(8-13)9-15(17-14)10-2-4-12(16)5-3-10/h2-8,15,17H,9H2,1H3. The highest BCUT2D eigenvalue weighted by atomic mass is 35.5. The smallest absolute Gasteiger partial charge is 0.119 e.